The molecule has 3 N–H and O–H groups in total. The summed E-state index contributed by atoms with van der Waals surface area (Å²) in [6, 6.07) is 7.09. The van der Waals surface area contributed by atoms with Gasteiger partial charge >= 0.3 is 0 Å². The molecular weight excluding hydrogens is 418 g/mol. The number of thioether (sulfide) groups is 1. The lowest BCUT2D eigenvalue weighted by atomic mass is 10.1. The van der Waals surface area contributed by atoms with Crippen molar-refractivity contribution in [3.63, 3.8) is 0 Å². The molecular formula is C20H19N7O3S. The van der Waals surface area contributed by atoms with Gasteiger partial charge in [0.1, 0.15) is 5.39 Å². The molecule has 158 valence electrons. The van der Waals surface area contributed by atoms with Gasteiger partial charge in [-0.25, -0.2) is 14.6 Å². The van der Waals surface area contributed by atoms with Crippen LogP contribution in [0.5, 0.6) is 0 Å². The molecule has 4 rings (SSSR count). The molecule has 11 heteroatoms. The van der Waals surface area contributed by atoms with Gasteiger partial charge in [0.2, 0.25) is 5.91 Å². The van der Waals surface area contributed by atoms with Crippen LogP contribution < -0.4 is 16.4 Å². The molecule has 31 heavy (non-hydrogen) atoms. The minimum absolute atomic E-state index is 0.107. The van der Waals surface area contributed by atoms with Crippen LogP contribution in [0, 0.1) is 6.92 Å². The number of nitrogens with zero attached hydrogens (tertiary/aromatic N) is 4. The predicted molar refractivity (Wildman–Crippen MR) is 118 cm³/mol. The fraction of sp³-hybridized carbons (Fsp3) is 0.200. The molecule has 4 aromatic rings. The highest BCUT2D eigenvalue weighted by atomic mass is 32.2. The topological polar surface area (TPSA) is 138 Å². The third kappa shape index (κ3) is 4.12. The summed E-state index contributed by atoms with van der Waals surface area (Å²) in [6.07, 6.45) is 4.94. The molecule has 0 aliphatic heterocycles. The van der Waals surface area contributed by atoms with E-state index < -0.39 is 0 Å². The lowest BCUT2D eigenvalue weighted by Gasteiger charge is -2.12. The Bertz CT molecular complexity index is 1390. The van der Waals surface area contributed by atoms with Crippen LogP contribution in [0.4, 0.5) is 5.69 Å². The number of hydrogen-bond acceptors (Lipinski definition) is 7. The van der Waals surface area contributed by atoms with Crippen LogP contribution in [0.3, 0.4) is 0 Å². The third-order valence-corrected chi connectivity index (χ3v) is 5.35. The molecule has 1 aromatic carbocycles. The summed E-state index contributed by atoms with van der Waals surface area (Å²) in [5.41, 5.74) is 2.05. The quantitative estimate of drug-likeness (QED) is 0.309. The Morgan fingerprint density at radius 2 is 2.03 bits per heavy atom. The normalized spacial score (nSPS) is 11.0. The number of carbonyl (C=O) groups is 1. The average molecular weight is 437 g/mol. The van der Waals surface area contributed by atoms with E-state index in [1.54, 1.807) is 31.2 Å². The van der Waals surface area contributed by atoms with Crippen molar-refractivity contribution in [3.8, 4) is 5.69 Å². The first-order valence-corrected chi connectivity index (χ1v) is 10.6. The van der Waals surface area contributed by atoms with E-state index in [1.807, 2.05) is 6.26 Å². The van der Waals surface area contributed by atoms with Crippen LogP contribution in [0.1, 0.15) is 17.7 Å². The number of para-hydroxylation sites is 2. The van der Waals surface area contributed by atoms with Crippen molar-refractivity contribution in [1.82, 2.24) is 29.7 Å². The summed E-state index contributed by atoms with van der Waals surface area (Å²) in [7, 11) is 0. The minimum atomic E-state index is -0.292. The van der Waals surface area contributed by atoms with E-state index in [-0.39, 0.29) is 29.9 Å². The Labute approximate surface area is 180 Å². The van der Waals surface area contributed by atoms with Crippen molar-refractivity contribution >= 4 is 34.4 Å². The summed E-state index contributed by atoms with van der Waals surface area (Å²) in [4.78, 5) is 50.6. The SMILES string of the molecule is CSc1nc(C)c(CCC(=O)Nc2ccccc2-n2ncc3c(=O)[nH]cnc32)c(=O)[nH]1. The first-order valence-electron chi connectivity index (χ1n) is 9.42. The molecule has 10 nitrogen and oxygen atoms in total. The average Bonchev–Trinajstić information content (AvgIpc) is 3.18. The van der Waals surface area contributed by atoms with Crippen molar-refractivity contribution in [1.29, 1.82) is 0 Å². The van der Waals surface area contributed by atoms with Crippen molar-refractivity contribution in [2.45, 2.75) is 24.9 Å². The van der Waals surface area contributed by atoms with Gasteiger partial charge in [-0.2, -0.15) is 5.10 Å². The van der Waals surface area contributed by atoms with E-state index in [0.29, 0.717) is 38.8 Å². The minimum Gasteiger partial charge on any atom is -0.324 e. The van der Waals surface area contributed by atoms with Gasteiger partial charge in [-0.1, -0.05) is 23.9 Å². The van der Waals surface area contributed by atoms with Crippen LogP contribution in [0.25, 0.3) is 16.7 Å². The van der Waals surface area contributed by atoms with Crippen molar-refractivity contribution in [2.24, 2.45) is 0 Å². The molecule has 0 aliphatic carbocycles. The summed E-state index contributed by atoms with van der Waals surface area (Å²) < 4.78 is 1.50. The number of H-pyrrole nitrogens is 2. The second-order valence-electron chi connectivity index (χ2n) is 6.73. The zero-order chi connectivity index (χ0) is 22.0. The monoisotopic (exact) mass is 437 g/mol. The van der Waals surface area contributed by atoms with Crippen LogP contribution in [0.2, 0.25) is 0 Å². The highest BCUT2D eigenvalue weighted by Crippen LogP contribution is 2.22. The standard InChI is InChI=1S/C20H19N7O3S/c1-11-12(19(30)26-20(24-11)31-2)7-8-16(28)25-14-5-3-4-6-15(14)27-17-13(9-23-27)18(29)22-10-21-17/h3-6,9-10H,7-8H2,1-2H3,(H,25,28)(H,21,22,29)(H,24,26,30). The van der Waals surface area contributed by atoms with Gasteiger partial charge in [-0.05, 0) is 31.7 Å². The number of rotatable bonds is 6. The maximum atomic E-state index is 12.6. The number of fused-ring (bicyclic) bond motifs is 1. The van der Waals surface area contributed by atoms with Crippen LogP contribution in [-0.2, 0) is 11.2 Å². The molecule has 0 unspecified atom stereocenters. The first kappa shape index (κ1) is 20.5. The van der Waals surface area contributed by atoms with E-state index in [2.05, 4.69) is 30.4 Å². The van der Waals surface area contributed by atoms with Gasteiger partial charge in [0.05, 0.1) is 23.9 Å². The molecule has 0 atom stereocenters. The van der Waals surface area contributed by atoms with Crippen molar-refractivity contribution in [2.75, 3.05) is 11.6 Å². The number of amides is 1. The zero-order valence-corrected chi connectivity index (χ0v) is 17.6. The highest BCUT2D eigenvalue weighted by molar-refractivity contribution is 7.98. The predicted octanol–water partition coefficient (Wildman–Crippen LogP) is 1.79. The number of anilines is 1. The summed E-state index contributed by atoms with van der Waals surface area (Å²) in [5.74, 6) is -0.262. The molecule has 0 spiro atoms. The van der Waals surface area contributed by atoms with Gasteiger partial charge in [0.15, 0.2) is 10.8 Å². The number of aryl methyl sites for hydroxylation is 1. The number of benzene rings is 1. The van der Waals surface area contributed by atoms with E-state index in [4.69, 9.17) is 0 Å². The summed E-state index contributed by atoms with van der Waals surface area (Å²) >= 11 is 1.35. The Balaban J connectivity index is 1.56. The van der Waals surface area contributed by atoms with E-state index in [0.717, 1.165) is 0 Å². The molecule has 0 aliphatic rings. The van der Waals surface area contributed by atoms with Crippen molar-refractivity contribution < 1.29 is 4.79 Å². The molecule has 0 bridgehead atoms. The number of nitrogens with one attached hydrogen (secondary N) is 3. The third-order valence-electron chi connectivity index (χ3n) is 4.77. The Morgan fingerprint density at radius 1 is 1.23 bits per heavy atom. The Hall–Kier alpha value is -3.73. The number of hydrogen-bond donors (Lipinski definition) is 3. The number of aromatic amines is 2. The molecule has 0 saturated carbocycles. The fourth-order valence-electron chi connectivity index (χ4n) is 3.22. The zero-order valence-electron chi connectivity index (χ0n) is 16.8. The van der Waals surface area contributed by atoms with Gasteiger partial charge in [-0.3, -0.25) is 14.4 Å². The molecule has 0 saturated heterocycles. The van der Waals surface area contributed by atoms with Crippen LogP contribution in [0.15, 0.2) is 51.5 Å². The maximum Gasteiger partial charge on any atom is 0.261 e. The number of carbonyl (C=O) groups excluding carboxylic acids is 1. The second-order valence-corrected chi connectivity index (χ2v) is 7.52. The smallest absolute Gasteiger partial charge is 0.261 e. The van der Waals surface area contributed by atoms with Gasteiger partial charge in [-0.15, -0.1) is 0 Å². The largest absolute Gasteiger partial charge is 0.324 e. The lowest BCUT2D eigenvalue weighted by Crippen LogP contribution is -2.20. The Kier molecular flexibility index (Phi) is 5.67. The van der Waals surface area contributed by atoms with Gasteiger partial charge in [0, 0.05) is 17.7 Å². The maximum absolute atomic E-state index is 12.6. The van der Waals surface area contributed by atoms with Gasteiger partial charge in [0.25, 0.3) is 11.1 Å². The van der Waals surface area contributed by atoms with Crippen molar-refractivity contribution in [3.05, 3.63) is 68.8 Å². The molecule has 0 radical (unpaired) electrons. The Morgan fingerprint density at radius 3 is 2.81 bits per heavy atom. The lowest BCUT2D eigenvalue weighted by molar-refractivity contribution is -0.116. The van der Waals surface area contributed by atoms with E-state index in [1.165, 1.54) is 29.0 Å². The van der Waals surface area contributed by atoms with Gasteiger partial charge < -0.3 is 15.3 Å². The van der Waals surface area contributed by atoms with Crippen LogP contribution >= 0.6 is 11.8 Å². The number of aromatic nitrogens is 6. The summed E-state index contributed by atoms with van der Waals surface area (Å²) in [5, 5.41) is 8.01. The molecule has 3 aromatic heterocycles. The fourth-order valence-corrected chi connectivity index (χ4v) is 3.65. The van der Waals surface area contributed by atoms with Crippen LogP contribution in [-0.4, -0.2) is 41.9 Å². The molecule has 1 amide bonds. The second kappa shape index (κ2) is 8.56. The molecule has 3 heterocycles. The van der Waals surface area contributed by atoms with E-state index in [9.17, 15) is 14.4 Å². The molecule has 0 fully saturated rings. The highest BCUT2D eigenvalue weighted by Gasteiger charge is 2.15. The first-order chi connectivity index (χ1) is 15.0. The van der Waals surface area contributed by atoms with E-state index >= 15 is 0 Å². The summed E-state index contributed by atoms with van der Waals surface area (Å²) in [6.45, 7) is 1.76.